The number of hydrogen-bond acceptors (Lipinski definition) is 6. The summed E-state index contributed by atoms with van der Waals surface area (Å²) >= 11 is 1.37. The van der Waals surface area contributed by atoms with Gasteiger partial charge in [0.1, 0.15) is 0 Å². The zero-order chi connectivity index (χ0) is 17.8. The van der Waals surface area contributed by atoms with Gasteiger partial charge in [-0.15, -0.1) is 0 Å². The van der Waals surface area contributed by atoms with Gasteiger partial charge in [-0.2, -0.15) is 0 Å². The van der Waals surface area contributed by atoms with Crippen molar-refractivity contribution >= 4 is 23.6 Å². The first-order valence-electron chi connectivity index (χ1n) is 7.77. The van der Waals surface area contributed by atoms with Crippen LogP contribution >= 0.6 is 11.8 Å². The summed E-state index contributed by atoms with van der Waals surface area (Å²) in [4.78, 5) is 44.3. The van der Waals surface area contributed by atoms with Gasteiger partial charge in [-0.25, -0.2) is 4.98 Å². The van der Waals surface area contributed by atoms with E-state index in [1.54, 1.807) is 24.3 Å². The van der Waals surface area contributed by atoms with Crippen LogP contribution in [0.15, 0.2) is 40.3 Å². The molecule has 0 unspecified atom stereocenters. The number of nitrogens with zero attached hydrogens (tertiary/aromatic N) is 2. The van der Waals surface area contributed by atoms with Gasteiger partial charge in [0.2, 0.25) is 0 Å². The first-order valence-corrected chi connectivity index (χ1v) is 8.76. The molecule has 0 bridgehead atoms. The SMILES string of the molecule is COCc1cc(=O)[nH]c(SCCCN2C(=O)c3ccccc3C2=O)n1. The molecule has 0 fully saturated rings. The fraction of sp³-hybridized carbons (Fsp3) is 0.294. The van der Waals surface area contributed by atoms with Gasteiger partial charge in [-0.05, 0) is 18.6 Å². The molecule has 25 heavy (non-hydrogen) atoms. The number of rotatable bonds is 7. The Kier molecular flexibility index (Phi) is 5.30. The van der Waals surface area contributed by atoms with Gasteiger partial charge >= 0.3 is 0 Å². The summed E-state index contributed by atoms with van der Waals surface area (Å²) in [6.45, 7) is 0.605. The number of carbonyl (C=O) groups excluding carboxylic acids is 2. The highest BCUT2D eigenvalue weighted by atomic mass is 32.2. The summed E-state index contributed by atoms with van der Waals surface area (Å²) in [5.74, 6) is 0.116. The van der Waals surface area contributed by atoms with Crippen LogP contribution in [-0.2, 0) is 11.3 Å². The summed E-state index contributed by atoms with van der Waals surface area (Å²) in [7, 11) is 1.54. The molecule has 130 valence electrons. The second-order valence-corrected chi connectivity index (χ2v) is 6.57. The van der Waals surface area contributed by atoms with Crippen LogP contribution in [0.25, 0.3) is 0 Å². The van der Waals surface area contributed by atoms with Crippen LogP contribution < -0.4 is 5.56 Å². The van der Waals surface area contributed by atoms with Crippen LogP contribution in [0.5, 0.6) is 0 Å². The number of aromatic nitrogens is 2. The molecule has 0 saturated heterocycles. The molecular formula is C17H17N3O4S. The van der Waals surface area contributed by atoms with Crippen molar-refractivity contribution in [2.75, 3.05) is 19.4 Å². The molecular weight excluding hydrogens is 342 g/mol. The van der Waals surface area contributed by atoms with E-state index >= 15 is 0 Å². The Labute approximate surface area is 148 Å². The van der Waals surface area contributed by atoms with E-state index in [9.17, 15) is 14.4 Å². The molecule has 0 atom stereocenters. The molecule has 8 heteroatoms. The maximum absolute atomic E-state index is 12.3. The smallest absolute Gasteiger partial charge is 0.261 e. The fourth-order valence-electron chi connectivity index (χ4n) is 2.61. The third-order valence-electron chi connectivity index (χ3n) is 3.71. The fourth-order valence-corrected chi connectivity index (χ4v) is 3.43. The number of methoxy groups -OCH3 is 1. The predicted octanol–water partition coefficient (Wildman–Crippen LogP) is 1.69. The van der Waals surface area contributed by atoms with Crippen LogP contribution in [-0.4, -0.2) is 46.1 Å². The normalized spacial score (nSPS) is 13.4. The van der Waals surface area contributed by atoms with Crippen molar-refractivity contribution in [1.82, 2.24) is 14.9 Å². The molecule has 2 heterocycles. The number of fused-ring (bicyclic) bond motifs is 1. The monoisotopic (exact) mass is 359 g/mol. The van der Waals surface area contributed by atoms with Gasteiger partial charge in [0.05, 0.1) is 23.4 Å². The quantitative estimate of drug-likeness (QED) is 0.350. The van der Waals surface area contributed by atoms with Gasteiger partial charge in [-0.1, -0.05) is 23.9 Å². The Bertz CT molecular complexity index is 830. The number of nitrogens with one attached hydrogen (secondary N) is 1. The molecule has 0 aliphatic carbocycles. The Hall–Kier alpha value is -2.45. The lowest BCUT2D eigenvalue weighted by atomic mass is 10.1. The second-order valence-electron chi connectivity index (χ2n) is 5.48. The molecule has 1 aromatic carbocycles. The molecule has 0 radical (unpaired) electrons. The number of amides is 2. The molecule has 2 aromatic rings. The van der Waals surface area contributed by atoms with Crippen molar-refractivity contribution in [1.29, 1.82) is 0 Å². The van der Waals surface area contributed by atoms with Crippen molar-refractivity contribution in [3.63, 3.8) is 0 Å². The number of thioether (sulfide) groups is 1. The highest BCUT2D eigenvalue weighted by Crippen LogP contribution is 2.23. The third kappa shape index (κ3) is 3.80. The van der Waals surface area contributed by atoms with E-state index < -0.39 is 0 Å². The first kappa shape index (κ1) is 17.4. The minimum Gasteiger partial charge on any atom is -0.378 e. The molecule has 0 saturated carbocycles. The molecule has 7 nitrogen and oxygen atoms in total. The number of benzene rings is 1. The minimum atomic E-state index is -0.251. The van der Waals surface area contributed by atoms with Crippen LogP contribution in [0, 0.1) is 0 Å². The van der Waals surface area contributed by atoms with Crippen molar-refractivity contribution in [2.24, 2.45) is 0 Å². The molecule has 2 amide bonds. The third-order valence-corrected chi connectivity index (χ3v) is 4.67. The Morgan fingerprint density at radius 1 is 1.16 bits per heavy atom. The van der Waals surface area contributed by atoms with Gasteiger partial charge in [0, 0.05) is 25.5 Å². The van der Waals surface area contributed by atoms with E-state index in [1.165, 1.54) is 29.8 Å². The summed E-state index contributed by atoms with van der Waals surface area (Å²) in [6, 6.07) is 8.23. The minimum absolute atomic E-state index is 0.232. The van der Waals surface area contributed by atoms with Gasteiger partial charge < -0.3 is 9.72 Å². The van der Waals surface area contributed by atoms with Crippen molar-refractivity contribution in [3.05, 3.63) is 57.5 Å². The summed E-state index contributed by atoms with van der Waals surface area (Å²) in [5, 5.41) is 0.502. The molecule has 1 N–H and O–H groups in total. The Morgan fingerprint density at radius 3 is 2.48 bits per heavy atom. The lowest BCUT2D eigenvalue weighted by Gasteiger charge is -2.13. The number of aromatic amines is 1. The zero-order valence-corrected chi connectivity index (χ0v) is 14.5. The van der Waals surface area contributed by atoms with Crippen molar-refractivity contribution in [2.45, 2.75) is 18.2 Å². The second kappa shape index (κ2) is 7.62. The maximum Gasteiger partial charge on any atom is 0.261 e. The van der Waals surface area contributed by atoms with E-state index in [0.29, 0.717) is 40.7 Å². The molecule has 1 aromatic heterocycles. The number of hydrogen-bond donors (Lipinski definition) is 1. The van der Waals surface area contributed by atoms with Gasteiger partial charge in [-0.3, -0.25) is 19.3 Å². The van der Waals surface area contributed by atoms with E-state index in [1.807, 2.05) is 0 Å². The summed E-state index contributed by atoms with van der Waals surface area (Å²) in [5.41, 5.74) is 1.25. The van der Waals surface area contributed by atoms with Crippen LogP contribution in [0.4, 0.5) is 0 Å². The van der Waals surface area contributed by atoms with E-state index in [4.69, 9.17) is 4.74 Å². The molecule has 0 spiro atoms. The van der Waals surface area contributed by atoms with Crippen LogP contribution in [0.1, 0.15) is 32.8 Å². The van der Waals surface area contributed by atoms with E-state index in [0.717, 1.165) is 0 Å². The average Bonchev–Trinajstić information content (AvgIpc) is 2.83. The number of ether oxygens (including phenoxy) is 1. The summed E-state index contributed by atoms with van der Waals surface area (Å²) in [6.07, 6.45) is 0.606. The Morgan fingerprint density at radius 2 is 1.84 bits per heavy atom. The highest BCUT2D eigenvalue weighted by molar-refractivity contribution is 7.99. The van der Waals surface area contributed by atoms with Crippen molar-refractivity contribution in [3.8, 4) is 0 Å². The lowest BCUT2D eigenvalue weighted by Crippen LogP contribution is -2.31. The van der Waals surface area contributed by atoms with Crippen LogP contribution in [0.2, 0.25) is 0 Å². The van der Waals surface area contributed by atoms with E-state index in [-0.39, 0.29) is 24.0 Å². The lowest BCUT2D eigenvalue weighted by molar-refractivity contribution is 0.0655. The standard InChI is InChI=1S/C17H17N3O4S/c1-24-10-11-9-14(21)19-17(18-11)25-8-4-7-20-15(22)12-5-2-3-6-13(12)16(20)23/h2-3,5-6,9H,4,7-8,10H2,1H3,(H,18,19,21). The van der Waals surface area contributed by atoms with Crippen LogP contribution in [0.3, 0.4) is 0 Å². The maximum atomic E-state index is 12.3. The highest BCUT2D eigenvalue weighted by Gasteiger charge is 2.34. The van der Waals surface area contributed by atoms with Gasteiger partial charge in [0.15, 0.2) is 5.16 Å². The molecule has 1 aliphatic rings. The largest absolute Gasteiger partial charge is 0.378 e. The van der Waals surface area contributed by atoms with Gasteiger partial charge in [0.25, 0.3) is 17.4 Å². The predicted molar refractivity (Wildman–Crippen MR) is 92.7 cm³/mol. The Balaban J connectivity index is 1.55. The molecule has 1 aliphatic heterocycles. The first-order chi connectivity index (χ1) is 12.1. The number of imide groups is 1. The summed E-state index contributed by atoms with van der Waals surface area (Å²) < 4.78 is 4.98. The van der Waals surface area contributed by atoms with E-state index in [2.05, 4.69) is 9.97 Å². The average molecular weight is 359 g/mol. The topological polar surface area (TPSA) is 92.4 Å². The number of carbonyl (C=O) groups is 2. The van der Waals surface area contributed by atoms with Crippen molar-refractivity contribution < 1.29 is 14.3 Å². The zero-order valence-electron chi connectivity index (χ0n) is 13.7. The molecule has 3 rings (SSSR count). The number of H-pyrrole nitrogens is 1.